The molecule has 1 heterocycles. The number of hydrogen-bond donors (Lipinski definition) is 1. The normalized spacial score (nSPS) is 14.5. The number of hydrogen-bond acceptors (Lipinski definition) is 4. The molecule has 1 aliphatic heterocycles. The second-order valence-electron chi connectivity index (χ2n) is 6.84. The molecule has 0 bridgehead atoms. The number of carboxylic acid groups (broad SMARTS) is 1. The predicted octanol–water partition coefficient (Wildman–Crippen LogP) is 3.32. The summed E-state index contributed by atoms with van der Waals surface area (Å²) in [6.07, 6.45) is 0. The van der Waals surface area contributed by atoms with E-state index in [9.17, 15) is 27.2 Å². The van der Waals surface area contributed by atoms with E-state index in [2.05, 4.69) is 9.64 Å². The van der Waals surface area contributed by atoms with Crippen LogP contribution in [0.4, 0.5) is 17.6 Å². The number of ether oxygens (including phenoxy) is 1. The van der Waals surface area contributed by atoms with Crippen molar-refractivity contribution in [3.8, 4) is 5.75 Å². The summed E-state index contributed by atoms with van der Waals surface area (Å²) in [5.74, 6) is -12.5. The molecule has 1 fully saturated rings. The van der Waals surface area contributed by atoms with Crippen LogP contribution < -0.4 is 4.74 Å². The number of carbonyl (C=O) groups excluding carboxylic acids is 1. The van der Waals surface area contributed by atoms with Gasteiger partial charge in [-0.3, -0.25) is 9.69 Å². The van der Waals surface area contributed by atoms with E-state index in [1.807, 2.05) is 12.1 Å². The molecule has 3 rings (SSSR count). The minimum atomic E-state index is -2.17. The number of carboxylic acids is 1. The third-order valence-corrected chi connectivity index (χ3v) is 5.07. The molecule has 1 N–H and O–H groups in total. The van der Waals surface area contributed by atoms with E-state index in [-0.39, 0.29) is 0 Å². The summed E-state index contributed by atoms with van der Waals surface area (Å²) in [7, 11) is 0. The van der Waals surface area contributed by atoms with Crippen LogP contribution in [0.2, 0.25) is 5.02 Å². The smallest absolute Gasteiger partial charge is 0.341 e. The highest BCUT2D eigenvalue weighted by Gasteiger charge is 2.31. The Bertz CT molecular complexity index is 967. The SMILES string of the molecule is O=C(O)c1c(F)c(F)c(OCC(=O)N2CCN(Cc3ccc(Cl)cc3)CC2)c(F)c1F. The van der Waals surface area contributed by atoms with Gasteiger partial charge in [0.1, 0.15) is 5.56 Å². The van der Waals surface area contributed by atoms with Crippen molar-refractivity contribution in [2.45, 2.75) is 6.54 Å². The van der Waals surface area contributed by atoms with E-state index in [1.54, 1.807) is 12.1 Å². The Morgan fingerprint density at radius 3 is 2.00 bits per heavy atom. The Balaban J connectivity index is 1.57. The van der Waals surface area contributed by atoms with Gasteiger partial charge in [-0.15, -0.1) is 0 Å². The molecule has 0 saturated carbocycles. The van der Waals surface area contributed by atoms with Crippen LogP contribution in [-0.2, 0) is 11.3 Å². The van der Waals surface area contributed by atoms with Gasteiger partial charge in [0.25, 0.3) is 5.91 Å². The van der Waals surface area contributed by atoms with Gasteiger partial charge in [-0.05, 0) is 17.7 Å². The molecule has 31 heavy (non-hydrogen) atoms. The van der Waals surface area contributed by atoms with Gasteiger partial charge in [-0.25, -0.2) is 13.6 Å². The lowest BCUT2D eigenvalue weighted by Gasteiger charge is -2.34. The first kappa shape index (κ1) is 22.8. The first-order valence-electron chi connectivity index (χ1n) is 9.15. The number of piperazine rings is 1. The second-order valence-corrected chi connectivity index (χ2v) is 7.27. The topological polar surface area (TPSA) is 70.1 Å². The second kappa shape index (κ2) is 9.52. The molecule has 166 valence electrons. The number of aromatic carboxylic acids is 1. The van der Waals surface area contributed by atoms with Crippen LogP contribution in [-0.4, -0.2) is 59.6 Å². The first-order chi connectivity index (χ1) is 14.7. The van der Waals surface area contributed by atoms with E-state index in [0.29, 0.717) is 37.7 Å². The van der Waals surface area contributed by atoms with E-state index in [4.69, 9.17) is 16.7 Å². The average molecular weight is 461 g/mol. The lowest BCUT2D eigenvalue weighted by Crippen LogP contribution is -2.49. The molecule has 1 saturated heterocycles. The van der Waals surface area contributed by atoms with Crippen molar-refractivity contribution in [3.63, 3.8) is 0 Å². The number of halogens is 5. The van der Waals surface area contributed by atoms with Crippen LogP contribution in [0.15, 0.2) is 24.3 Å². The van der Waals surface area contributed by atoms with Crippen LogP contribution in [0.3, 0.4) is 0 Å². The summed E-state index contributed by atoms with van der Waals surface area (Å²) in [4.78, 5) is 26.5. The quantitative estimate of drug-likeness (QED) is 0.529. The fraction of sp³-hybridized carbons (Fsp3) is 0.300. The van der Waals surface area contributed by atoms with Crippen LogP contribution in [0.1, 0.15) is 15.9 Å². The minimum absolute atomic E-state index is 0.321. The molecule has 1 amide bonds. The molecule has 0 spiro atoms. The van der Waals surface area contributed by atoms with E-state index in [0.717, 1.165) is 5.56 Å². The van der Waals surface area contributed by atoms with Gasteiger partial charge in [0, 0.05) is 37.7 Å². The van der Waals surface area contributed by atoms with Crippen LogP contribution >= 0.6 is 11.6 Å². The summed E-state index contributed by atoms with van der Waals surface area (Å²) in [6.45, 7) is 1.50. The molecule has 2 aromatic rings. The average Bonchev–Trinajstić information content (AvgIpc) is 2.74. The summed E-state index contributed by atoms with van der Waals surface area (Å²) in [5, 5.41) is 9.31. The molecular formula is C20H17ClF4N2O4. The maximum atomic E-state index is 13.9. The molecule has 0 aromatic heterocycles. The molecule has 6 nitrogen and oxygen atoms in total. The summed E-state index contributed by atoms with van der Waals surface area (Å²) in [6, 6.07) is 7.34. The number of amides is 1. The van der Waals surface area contributed by atoms with E-state index >= 15 is 0 Å². The fourth-order valence-corrected chi connectivity index (χ4v) is 3.28. The number of benzene rings is 2. The zero-order valence-electron chi connectivity index (χ0n) is 16.0. The molecule has 1 aliphatic rings. The largest absolute Gasteiger partial charge is 0.477 e. The highest BCUT2D eigenvalue weighted by atomic mass is 35.5. The lowest BCUT2D eigenvalue weighted by atomic mass is 10.1. The molecule has 11 heteroatoms. The zero-order valence-corrected chi connectivity index (χ0v) is 16.8. The summed E-state index contributed by atoms with van der Waals surface area (Å²) < 4.78 is 60.0. The Kier molecular flexibility index (Phi) is 7.01. The molecule has 0 atom stereocenters. The Morgan fingerprint density at radius 1 is 0.935 bits per heavy atom. The molecule has 0 radical (unpaired) electrons. The van der Waals surface area contributed by atoms with Gasteiger partial charge in [0.2, 0.25) is 11.6 Å². The van der Waals surface area contributed by atoms with Gasteiger partial charge in [-0.2, -0.15) is 8.78 Å². The van der Waals surface area contributed by atoms with Crippen LogP contribution in [0.5, 0.6) is 5.75 Å². The zero-order chi connectivity index (χ0) is 22.7. The monoisotopic (exact) mass is 460 g/mol. The van der Waals surface area contributed by atoms with Gasteiger partial charge < -0.3 is 14.7 Å². The van der Waals surface area contributed by atoms with Gasteiger partial charge in [-0.1, -0.05) is 23.7 Å². The third kappa shape index (κ3) is 5.08. The molecule has 0 aliphatic carbocycles. The van der Waals surface area contributed by atoms with Crippen molar-refractivity contribution in [1.29, 1.82) is 0 Å². The fourth-order valence-electron chi connectivity index (χ4n) is 3.15. The van der Waals surface area contributed by atoms with Crippen molar-refractivity contribution in [2.24, 2.45) is 0 Å². The van der Waals surface area contributed by atoms with Gasteiger partial charge in [0.15, 0.2) is 24.0 Å². The number of carbonyl (C=O) groups is 2. The van der Waals surface area contributed by atoms with Crippen molar-refractivity contribution in [2.75, 3.05) is 32.8 Å². The lowest BCUT2D eigenvalue weighted by molar-refractivity contribution is -0.135. The third-order valence-electron chi connectivity index (χ3n) is 4.82. The van der Waals surface area contributed by atoms with Crippen molar-refractivity contribution < 1.29 is 37.0 Å². The standard InChI is InChI=1S/C20H17ClF4N2O4/c21-12-3-1-11(2-4-12)9-26-5-7-27(8-6-26)13(28)10-31-19-17(24)15(22)14(20(29)30)16(23)18(19)25/h1-4H,5-10H2,(H,29,30). The number of rotatable bonds is 6. The van der Waals surface area contributed by atoms with Crippen molar-refractivity contribution >= 4 is 23.5 Å². The Hall–Kier alpha value is -2.85. The summed E-state index contributed by atoms with van der Waals surface area (Å²) >= 11 is 5.86. The molecule has 2 aromatic carbocycles. The van der Waals surface area contributed by atoms with Crippen LogP contribution in [0.25, 0.3) is 0 Å². The summed E-state index contributed by atoms with van der Waals surface area (Å²) in [5.41, 5.74) is -0.724. The van der Waals surface area contributed by atoms with E-state index < -0.39 is 53.1 Å². The van der Waals surface area contributed by atoms with Crippen LogP contribution in [0, 0.1) is 23.3 Å². The maximum absolute atomic E-state index is 13.9. The highest BCUT2D eigenvalue weighted by molar-refractivity contribution is 6.30. The first-order valence-corrected chi connectivity index (χ1v) is 9.53. The Labute approximate surface area is 179 Å². The van der Waals surface area contributed by atoms with E-state index in [1.165, 1.54) is 4.90 Å². The highest BCUT2D eigenvalue weighted by Crippen LogP contribution is 2.30. The predicted molar refractivity (Wildman–Crippen MR) is 102 cm³/mol. The van der Waals surface area contributed by atoms with Gasteiger partial charge in [0.05, 0.1) is 0 Å². The number of nitrogens with zero attached hydrogens (tertiary/aromatic N) is 2. The van der Waals surface area contributed by atoms with Gasteiger partial charge >= 0.3 is 5.97 Å². The van der Waals surface area contributed by atoms with Crippen molar-refractivity contribution in [3.05, 3.63) is 63.7 Å². The van der Waals surface area contributed by atoms with Crippen molar-refractivity contribution in [1.82, 2.24) is 9.80 Å². The minimum Gasteiger partial charge on any atom is -0.477 e. The Morgan fingerprint density at radius 2 is 1.48 bits per heavy atom. The maximum Gasteiger partial charge on any atom is 0.341 e. The molecular weight excluding hydrogens is 444 g/mol. The molecule has 0 unspecified atom stereocenters.